The maximum Gasteiger partial charge on any atom is 0.0537 e. The van der Waals surface area contributed by atoms with Crippen LogP contribution in [0.3, 0.4) is 0 Å². The Morgan fingerprint density at radius 1 is 1.50 bits per heavy atom. The Bertz CT molecular complexity index is 263. The summed E-state index contributed by atoms with van der Waals surface area (Å²) in [5.74, 6) is 1.12. The molecule has 1 nitrogen and oxygen atoms in total. The van der Waals surface area contributed by atoms with Crippen LogP contribution >= 0.6 is 34.4 Å². The van der Waals surface area contributed by atoms with Crippen molar-refractivity contribution in [3.8, 4) is 0 Å². The fourth-order valence-electron chi connectivity index (χ4n) is 0.995. The predicted molar refractivity (Wildman–Crippen MR) is 62.7 cm³/mol. The number of hydrogen-bond acceptors (Lipinski definition) is 2. The summed E-state index contributed by atoms with van der Waals surface area (Å²) >= 11 is 4.18. The number of aryl methyl sites for hydroxylation is 1. The van der Waals surface area contributed by atoms with Gasteiger partial charge in [0, 0.05) is 14.7 Å². The van der Waals surface area contributed by atoms with Crippen LogP contribution in [-0.4, -0.2) is 10.7 Å². The standard InChI is InChI=1S/C9H12INS/c1-3-8-9(12-4-2)5-7(10)6-11-8/h5-6H,3-4H2,1-2H3. The smallest absolute Gasteiger partial charge is 0.0537 e. The highest BCUT2D eigenvalue weighted by molar-refractivity contribution is 14.1. The number of rotatable bonds is 3. The molecule has 0 fully saturated rings. The van der Waals surface area contributed by atoms with Gasteiger partial charge in [-0.25, -0.2) is 0 Å². The number of halogens is 1. The molecule has 0 aliphatic carbocycles. The van der Waals surface area contributed by atoms with Crippen molar-refractivity contribution in [1.29, 1.82) is 0 Å². The van der Waals surface area contributed by atoms with Gasteiger partial charge in [0.25, 0.3) is 0 Å². The van der Waals surface area contributed by atoms with Crippen molar-refractivity contribution in [2.24, 2.45) is 0 Å². The zero-order chi connectivity index (χ0) is 8.97. The van der Waals surface area contributed by atoms with Gasteiger partial charge in [-0.2, -0.15) is 0 Å². The first kappa shape index (κ1) is 10.3. The lowest BCUT2D eigenvalue weighted by atomic mass is 10.3. The first-order valence-corrected chi connectivity index (χ1v) is 6.11. The molecule has 1 heterocycles. The normalized spacial score (nSPS) is 10.2. The van der Waals surface area contributed by atoms with Crippen LogP contribution in [0.25, 0.3) is 0 Å². The second kappa shape index (κ2) is 5.07. The molecule has 66 valence electrons. The molecule has 0 saturated heterocycles. The van der Waals surface area contributed by atoms with Crippen LogP contribution in [0, 0.1) is 3.57 Å². The Morgan fingerprint density at radius 3 is 2.83 bits per heavy atom. The van der Waals surface area contributed by atoms with Gasteiger partial charge in [-0.15, -0.1) is 11.8 Å². The number of hydrogen-bond donors (Lipinski definition) is 0. The van der Waals surface area contributed by atoms with Crippen molar-refractivity contribution >= 4 is 34.4 Å². The Balaban J connectivity index is 2.95. The summed E-state index contributed by atoms with van der Waals surface area (Å²) in [7, 11) is 0. The summed E-state index contributed by atoms with van der Waals surface area (Å²) in [6.07, 6.45) is 2.96. The zero-order valence-corrected chi connectivity index (χ0v) is 10.3. The summed E-state index contributed by atoms with van der Waals surface area (Å²) in [5.41, 5.74) is 1.22. The van der Waals surface area contributed by atoms with Crippen molar-refractivity contribution in [2.75, 3.05) is 5.75 Å². The molecule has 0 saturated carbocycles. The molecule has 12 heavy (non-hydrogen) atoms. The minimum absolute atomic E-state index is 1.03. The lowest BCUT2D eigenvalue weighted by Crippen LogP contribution is -1.91. The maximum absolute atomic E-state index is 4.39. The third kappa shape index (κ3) is 2.62. The molecule has 0 amide bonds. The number of nitrogens with zero attached hydrogens (tertiary/aromatic N) is 1. The fourth-order valence-corrected chi connectivity index (χ4v) is 2.54. The quantitative estimate of drug-likeness (QED) is 0.626. The molecule has 0 N–H and O–H groups in total. The minimum atomic E-state index is 1.03. The molecule has 1 aromatic rings. The largest absolute Gasteiger partial charge is 0.259 e. The van der Waals surface area contributed by atoms with Crippen LogP contribution in [0.5, 0.6) is 0 Å². The molecule has 0 radical (unpaired) electrons. The topological polar surface area (TPSA) is 12.9 Å². The third-order valence-electron chi connectivity index (χ3n) is 1.53. The van der Waals surface area contributed by atoms with E-state index in [1.54, 1.807) is 0 Å². The Morgan fingerprint density at radius 2 is 2.25 bits per heavy atom. The van der Waals surface area contributed by atoms with Crippen LogP contribution < -0.4 is 0 Å². The van der Waals surface area contributed by atoms with E-state index in [0.717, 1.165) is 12.2 Å². The average molecular weight is 293 g/mol. The molecule has 0 aliphatic heterocycles. The number of thioether (sulfide) groups is 1. The third-order valence-corrected chi connectivity index (χ3v) is 3.07. The summed E-state index contributed by atoms with van der Waals surface area (Å²) in [6, 6.07) is 2.21. The van der Waals surface area contributed by atoms with Gasteiger partial charge in [-0.3, -0.25) is 4.98 Å². The van der Waals surface area contributed by atoms with E-state index in [0.29, 0.717) is 0 Å². The first-order valence-electron chi connectivity index (χ1n) is 4.05. The zero-order valence-electron chi connectivity index (χ0n) is 7.30. The lowest BCUT2D eigenvalue weighted by molar-refractivity contribution is 0.975. The summed E-state index contributed by atoms with van der Waals surface area (Å²) in [4.78, 5) is 5.73. The van der Waals surface area contributed by atoms with E-state index in [2.05, 4.69) is 47.5 Å². The van der Waals surface area contributed by atoms with Gasteiger partial charge < -0.3 is 0 Å². The van der Waals surface area contributed by atoms with E-state index in [4.69, 9.17) is 0 Å². The van der Waals surface area contributed by atoms with Crippen LogP contribution in [0.2, 0.25) is 0 Å². The van der Waals surface area contributed by atoms with E-state index < -0.39 is 0 Å². The molecular formula is C9H12INS. The number of aromatic nitrogens is 1. The SMILES string of the molecule is CCSc1cc(I)cnc1CC. The van der Waals surface area contributed by atoms with E-state index in [-0.39, 0.29) is 0 Å². The van der Waals surface area contributed by atoms with E-state index in [1.807, 2.05) is 18.0 Å². The van der Waals surface area contributed by atoms with Crippen LogP contribution in [0.15, 0.2) is 17.2 Å². The molecule has 0 atom stereocenters. The van der Waals surface area contributed by atoms with Crippen molar-refractivity contribution in [1.82, 2.24) is 4.98 Å². The second-order valence-corrected chi connectivity index (χ2v) is 4.94. The summed E-state index contributed by atoms with van der Waals surface area (Å²) in [5, 5.41) is 0. The van der Waals surface area contributed by atoms with Gasteiger partial charge in [-0.1, -0.05) is 13.8 Å². The highest BCUT2D eigenvalue weighted by atomic mass is 127. The van der Waals surface area contributed by atoms with E-state index in [9.17, 15) is 0 Å². The van der Waals surface area contributed by atoms with Crippen LogP contribution in [0.1, 0.15) is 19.5 Å². The van der Waals surface area contributed by atoms with Crippen molar-refractivity contribution < 1.29 is 0 Å². The molecule has 0 aliphatic rings. The monoisotopic (exact) mass is 293 g/mol. The lowest BCUT2D eigenvalue weighted by Gasteiger charge is -2.04. The predicted octanol–water partition coefficient (Wildman–Crippen LogP) is 3.36. The number of pyridine rings is 1. The van der Waals surface area contributed by atoms with Gasteiger partial charge >= 0.3 is 0 Å². The molecule has 0 bridgehead atoms. The Hall–Kier alpha value is 0.230. The van der Waals surface area contributed by atoms with E-state index >= 15 is 0 Å². The Kier molecular flexibility index (Phi) is 4.35. The van der Waals surface area contributed by atoms with Gasteiger partial charge in [0.2, 0.25) is 0 Å². The minimum Gasteiger partial charge on any atom is -0.259 e. The average Bonchev–Trinajstić information content (AvgIpc) is 2.05. The maximum atomic E-state index is 4.39. The van der Waals surface area contributed by atoms with Gasteiger partial charge in [-0.05, 0) is 40.8 Å². The molecule has 3 heteroatoms. The molecule has 1 rings (SSSR count). The molecule has 0 aromatic carbocycles. The Labute approximate surface area is 91.5 Å². The molecular weight excluding hydrogens is 281 g/mol. The van der Waals surface area contributed by atoms with Gasteiger partial charge in [0.15, 0.2) is 0 Å². The molecule has 0 spiro atoms. The van der Waals surface area contributed by atoms with Crippen molar-refractivity contribution in [2.45, 2.75) is 25.2 Å². The molecule has 1 aromatic heterocycles. The summed E-state index contributed by atoms with van der Waals surface area (Å²) < 4.78 is 1.22. The van der Waals surface area contributed by atoms with Gasteiger partial charge in [0.1, 0.15) is 0 Å². The van der Waals surface area contributed by atoms with Crippen LogP contribution in [0.4, 0.5) is 0 Å². The summed E-state index contributed by atoms with van der Waals surface area (Å²) in [6.45, 7) is 4.32. The van der Waals surface area contributed by atoms with Crippen LogP contribution in [-0.2, 0) is 6.42 Å². The van der Waals surface area contributed by atoms with Crippen molar-refractivity contribution in [3.63, 3.8) is 0 Å². The fraction of sp³-hybridized carbons (Fsp3) is 0.444. The second-order valence-electron chi connectivity index (χ2n) is 2.38. The highest BCUT2D eigenvalue weighted by Crippen LogP contribution is 2.23. The first-order chi connectivity index (χ1) is 5.77. The highest BCUT2D eigenvalue weighted by Gasteiger charge is 2.01. The molecule has 0 unspecified atom stereocenters. The van der Waals surface area contributed by atoms with Crippen molar-refractivity contribution in [3.05, 3.63) is 21.5 Å². The van der Waals surface area contributed by atoms with Gasteiger partial charge in [0.05, 0.1) is 5.69 Å². The van der Waals surface area contributed by atoms with E-state index in [1.165, 1.54) is 14.2 Å².